The van der Waals surface area contributed by atoms with Gasteiger partial charge in [-0.25, -0.2) is 9.59 Å². The molecule has 8 heteroatoms. The third-order valence-electron chi connectivity index (χ3n) is 3.87. The van der Waals surface area contributed by atoms with Gasteiger partial charge in [-0.05, 0) is 24.6 Å². The van der Waals surface area contributed by atoms with Crippen molar-refractivity contribution in [1.29, 1.82) is 0 Å². The fourth-order valence-electron chi connectivity index (χ4n) is 2.49. The Morgan fingerprint density at radius 3 is 2.52 bits per heavy atom. The number of anilines is 1. The van der Waals surface area contributed by atoms with Gasteiger partial charge < -0.3 is 24.8 Å². The lowest BCUT2D eigenvalue weighted by molar-refractivity contribution is -0.136. The summed E-state index contributed by atoms with van der Waals surface area (Å²) in [6, 6.07) is 4.86. The number of methoxy groups -OCH3 is 2. The number of benzene rings is 1. The summed E-state index contributed by atoms with van der Waals surface area (Å²) >= 11 is 0. The highest BCUT2D eigenvalue weighted by molar-refractivity contribution is 6.08. The standard InChI is InChI=1S/C17H20N2O6/c1-10-4-5-11(16(22)24-2)8-13(10)18-14-12(17(23)25-3)9-19(6-7-20)15(14)21/h4-5,8,18,20H,6-7,9H2,1-3H3. The first kappa shape index (κ1) is 18.5. The number of carbonyl (C=O) groups excluding carboxylic acids is 3. The van der Waals surface area contributed by atoms with Crippen LogP contribution in [0.1, 0.15) is 15.9 Å². The van der Waals surface area contributed by atoms with Crippen molar-refractivity contribution in [2.24, 2.45) is 0 Å². The number of nitrogens with zero attached hydrogens (tertiary/aromatic N) is 1. The summed E-state index contributed by atoms with van der Waals surface area (Å²) in [6.45, 7) is 1.73. The number of rotatable bonds is 6. The van der Waals surface area contributed by atoms with E-state index in [0.29, 0.717) is 11.3 Å². The molecule has 134 valence electrons. The first-order valence-corrected chi connectivity index (χ1v) is 7.60. The Balaban J connectivity index is 2.39. The maximum atomic E-state index is 12.5. The highest BCUT2D eigenvalue weighted by Crippen LogP contribution is 2.25. The van der Waals surface area contributed by atoms with Gasteiger partial charge in [0, 0.05) is 12.2 Å². The summed E-state index contributed by atoms with van der Waals surface area (Å²) < 4.78 is 9.43. The predicted octanol–water partition coefficient (Wildman–Crippen LogP) is 0.455. The number of amides is 1. The van der Waals surface area contributed by atoms with Gasteiger partial charge in [0.25, 0.3) is 5.91 Å². The molecule has 1 aliphatic rings. The number of aryl methyl sites for hydroxylation is 1. The fraction of sp³-hybridized carbons (Fsp3) is 0.353. The lowest BCUT2D eigenvalue weighted by Crippen LogP contribution is -2.31. The van der Waals surface area contributed by atoms with Crippen LogP contribution in [0.3, 0.4) is 0 Å². The van der Waals surface area contributed by atoms with E-state index in [1.54, 1.807) is 25.1 Å². The molecule has 1 aromatic carbocycles. The van der Waals surface area contributed by atoms with Crippen molar-refractivity contribution in [2.45, 2.75) is 6.92 Å². The van der Waals surface area contributed by atoms with Crippen molar-refractivity contribution in [3.8, 4) is 0 Å². The predicted molar refractivity (Wildman–Crippen MR) is 88.8 cm³/mol. The third-order valence-corrected chi connectivity index (χ3v) is 3.87. The van der Waals surface area contributed by atoms with Gasteiger partial charge in [0.1, 0.15) is 5.70 Å². The average Bonchev–Trinajstić information content (AvgIpc) is 2.92. The number of hydrogen-bond acceptors (Lipinski definition) is 7. The van der Waals surface area contributed by atoms with Crippen LogP contribution in [-0.4, -0.2) is 61.8 Å². The second kappa shape index (κ2) is 7.80. The van der Waals surface area contributed by atoms with Crippen LogP contribution in [0, 0.1) is 6.92 Å². The molecule has 0 fully saturated rings. The van der Waals surface area contributed by atoms with Gasteiger partial charge in [0.05, 0.1) is 38.5 Å². The second-order valence-electron chi connectivity index (χ2n) is 5.44. The summed E-state index contributed by atoms with van der Waals surface area (Å²) in [5.74, 6) is -1.56. The molecule has 0 saturated carbocycles. The minimum atomic E-state index is -0.627. The zero-order valence-corrected chi connectivity index (χ0v) is 14.3. The topological polar surface area (TPSA) is 105 Å². The van der Waals surface area contributed by atoms with Crippen LogP contribution in [0.2, 0.25) is 0 Å². The van der Waals surface area contributed by atoms with E-state index in [1.165, 1.54) is 19.1 Å². The average molecular weight is 348 g/mol. The molecule has 0 atom stereocenters. The van der Waals surface area contributed by atoms with Crippen LogP contribution in [-0.2, 0) is 19.1 Å². The summed E-state index contributed by atoms with van der Waals surface area (Å²) in [5, 5.41) is 12.0. The van der Waals surface area contributed by atoms with Gasteiger partial charge in [-0.3, -0.25) is 4.79 Å². The maximum Gasteiger partial charge on any atom is 0.337 e. The smallest absolute Gasteiger partial charge is 0.337 e. The zero-order valence-electron chi connectivity index (χ0n) is 14.3. The summed E-state index contributed by atoms with van der Waals surface area (Å²) in [4.78, 5) is 37.5. The van der Waals surface area contributed by atoms with Crippen LogP contribution in [0.4, 0.5) is 5.69 Å². The van der Waals surface area contributed by atoms with Crippen LogP contribution >= 0.6 is 0 Å². The van der Waals surface area contributed by atoms with E-state index in [1.807, 2.05) is 0 Å². The molecule has 1 aromatic rings. The van der Waals surface area contributed by atoms with Gasteiger partial charge >= 0.3 is 11.9 Å². The number of aliphatic hydroxyl groups is 1. The molecule has 0 saturated heterocycles. The molecule has 0 bridgehead atoms. The Morgan fingerprint density at radius 1 is 1.24 bits per heavy atom. The van der Waals surface area contributed by atoms with E-state index < -0.39 is 17.8 Å². The molecule has 0 radical (unpaired) electrons. The summed E-state index contributed by atoms with van der Waals surface area (Å²) in [5.41, 5.74) is 1.83. The molecule has 1 amide bonds. The zero-order chi connectivity index (χ0) is 18.6. The van der Waals surface area contributed by atoms with E-state index >= 15 is 0 Å². The molecule has 0 aromatic heterocycles. The Bertz CT molecular complexity index is 741. The van der Waals surface area contributed by atoms with E-state index in [0.717, 1.165) is 5.56 Å². The van der Waals surface area contributed by atoms with Gasteiger partial charge in [-0.15, -0.1) is 0 Å². The highest BCUT2D eigenvalue weighted by Gasteiger charge is 2.34. The number of ether oxygens (including phenoxy) is 2. The van der Waals surface area contributed by atoms with Crippen molar-refractivity contribution in [3.05, 3.63) is 40.6 Å². The maximum absolute atomic E-state index is 12.5. The Hall–Kier alpha value is -2.87. The van der Waals surface area contributed by atoms with Crippen LogP contribution in [0.15, 0.2) is 29.5 Å². The van der Waals surface area contributed by atoms with E-state index in [9.17, 15) is 14.4 Å². The molecular formula is C17H20N2O6. The van der Waals surface area contributed by atoms with Crippen LogP contribution in [0.25, 0.3) is 0 Å². The number of nitrogens with one attached hydrogen (secondary N) is 1. The molecule has 8 nitrogen and oxygen atoms in total. The molecule has 0 unspecified atom stereocenters. The molecule has 1 heterocycles. The first-order valence-electron chi connectivity index (χ1n) is 7.60. The van der Waals surface area contributed by atoms with E-state index in [-0.39, 0.29) is 31.0 Å². The first-order chi connectivity index (χ1) is 11.9. The van der Waals surface area contributed by atoms with Gasteiger partial charge in [0.2, 0.25) is 0 Å². The van der Waals surface area contributed by atoms with E-state index in [4.69, 9.17) is 14.6 Å². The minimum absolute atomic E-state index is 0.0458. The largest absolute Gasteiger partial charge is 0.466 e. The fourth-order valence-corrected chi connectivity index (χ4v) is 2.49. The van der Waals surface area contributed by atoms with E-state index in [2.05, 4.69) is 5.32 Å². The monoisotopic (exact) mass is 348 g/mol. The van der Waals surface area contributed by atoms with Gasteiger partial charge in [-0.2, -0.15) is 0 Å². The number of carbonyl (C=O) groups is 3. The molecule has 0 aliphatic carbocycles. The lowest BCUT2D eigenvalue weighted by Gasteiger charge is -2.15. The molecule has 25 heavy (non-hydrogen) atoms. The second-order valence-corrected chi connectivity index (χ2v) is 5.44. The van der Waals surface area contributed by atoms with Crippen molar-refractivity contribution in [2.75, 3.05) is 39.2 Å². The van der Waals surface area contributed by atoms with Gasteiger partial charge in [-0.1, -0.05) is 6.07 Å². The number of aliphatic hydroxyl groups excluding tert-OH is 1. The normalized spacial score (nSPS) is 13.9. The Kier molecular flexibility index (Phi) is 5.76. The summed E-state index contributed by atoms with van der Waals surface area (Å²) in [6.07, 6.45) is 0. The van der Waals surface area contributed by atoms with Crippen molar-refractivity contribution >= 4 is 23.5 Å². The van der Waals surface area contributed by atoms with Crippen molar-refractivity contribution in [1.82, 2.24) is 4.90 Å². The molecule has 1 aliphatic heterocycles. The van der Waals surface area contributed by atoms with Crippen LogP contribution in [0.5, 0.6) is 0 Å². The number of hydrogen-bond donors (Lipinski definition) is 2. The van der Waals surface area contributed by atoms with Crippen LogP contribution < -0.4 is 5.32 Å². The lowest BCUT2D eigenvalue weighted by atomic mass is 10.1. The highest BCUT2D eigenvalue weighted by atomic mass is 16.5. The van der Waals surface area contributed by atoms with Gasteiger partial charge in [0.15, 0.2) is 0 Å². The Morgan fingerprint density at radius 2 is 1.92 bits per heavy atom. The molecule has 2 rings (SSSR count). The molecule has 0 spiro atoms. The summed E-state index contributed by atoms with van der Waals surface area (Å²) in [7, 11) is 2.51. The number of β-amino-alcohol motifs (C(OH)–C–C–N with tert-alkyl or cyclic N) is 1. The third kappa shape index (κ3) is 3.80. The molecule has 2 N–H and O–H groups in total. The molecular weight excluding hydrogens is 328 g/mol. The minimum Gasteiger partial charge on any atom is -0.466 e. The Labute approximate surface area is 145 Å². The van der Waals surface area contributed by atoms with Crippen molar-refractivity contribution < 1.29 is 29.0 Å². The number of esters is 2. The van der Waals surface area contributed by atoms with Crippen molar-refractivity contribution in [3.63, 3.8) is 0 Å². The SMILES string of the molecule is COC(=O)C1=C(Nc2cc(C(=O)OC)ccc2C)C(=O)N(CCO)C1. The quantitative estimate of drug-likeness (QED) is 0.719.